The van der Waals surface area contributed by atoms with Crippen molar-refractivity contribution in [2.24, 2.45) is 5.92 Å². The van der Waals surface area contributed by atoms with Gasteiger partial charge in [-0.2, -0.15) is 0 Å². The monoisotopic (exact) mass is 212 g/mol. The minimum absolute atomic E-state index is 0.00963. The lowest BCUT2D eigenvalue weighted by Crippen LogP contribution is -2.48. The highest BCUT2D eigenvalue weighted by atomic mass is 16.2. The predicted octanol–water partition coefficient (Wildman–Crippen LogP) is 0.769. The Hall–Kier alpha value is -1.06. The fraction of sp³-hybridized carbons (Fsp3) is 0.818. The highest BCUT2D eigenvalue weighted by Crippen LogP contribution is 2.13. The van der Waals surface area contributed by atoms with Crippen LogP contribution in [-0.4, -0.2) is 35.8 Å². The van der Waals surface area contributed by atoms with Gasteiger partial charge in [0.25, 0.3) is 0 Å². The van der Waals surface area contributed by atoms with E-state index >= 15 is 0 Å². The van der Waals surface area contributed by atoms with Gasteiger partial charge in [-0.1, -0.05) is 20.3 Å². The van der Waals surface area contributed by atoms with Crippen LogP contribution < -0.4 is 5.32 Å². The van der Waals surface area contributed by atoms with Gasteiger partial charge in [0.05, 0.1) is 0 Å². The maximum Gasteiger partial charge on any atom is 0.245 e. The summed E-state index contributed by atoms with van der Waals surface area (Å²) < 4.78 is 0. The molecular weight excluding hydrogens is 192 g/mol. The summed E-state index contributed by atoms with van der Waals surface area (Å²) in [5.41, 5.74) is 0. The first kappa shape index (κ1) is 12.0. The summed E-state index contributed by atoms with van der Waals surface area (Å²) in [5, 5.41) is 2.81. The second-order valence-corrected chi connectivity index (χ2v) is 4.10. The topological polar surface area (TPSA) is 49.4 Å². The standard InChI is InChI=1S/C11H20N2O2/c1-4-8(3)10-11(15)13(5-2)7-6-9(14)12-10/h8,10H,4-7H2,1-3H3,(H,12,14). The summed E-state index contributed by atoms with van der Waals surface area (Å²) in [6.45, 7) is 7.21. The SMILES string of the molecule is CCC(C)C1NC(=O)CCN(CC)C1=O. The van der Waals surface area contributed by atoms with Crippen molar-refractivity contribution in [1.29, 1.82) is 0 Å². The Balaban J connectivity index is 2.81. The molecule has 1 aliphatic rings. The minimum atomic E-state index is -0.329. The van der Waals surface area contributed by atoms with Crippen LogP contribution in [0, 0.1) is 5.92 Å². The van der Waals surface area contributed by atoms with Crippen LogP contribution in [0.4, 0.5) is 0 Å². The highest BCUT2D eigenvalue weighted by molar-refractivity contribution is 5.90. The Labute approximate surface area is 91.0 Å². The van der Waals surface area contributed by atoms with Crippen molar-refractivity contribution in [1.82, 2.24) is 10.2 Å². The Kier molecular flexibility index (Phi) is 4.12. The number of hydrogen-bond donors (Lipinski definition) is 1. The van der Waals surface area contributed by atoms with E-state index in [2.05, 4.69) is 5.32 Å². The van der Waals surface area contributed by atoms with E-state index in [1.807, 2.05) is 20.8 Å². The number of hydrogen-bond acceptors (Lipinski definition) is 2. The second kappa shape index (κ2) is 5.14. The van der Waals surface area contributed by atoms with Gasteiger partial charge in [0, 0.05) is 19.5 Å². The molecule has 4 heteroatoms. The molecule has 0 aromatic rings. The third-order valence-corrected chi connectivity index (χ3v) is 3.10. The molecule has 0 saturated carbocycles. The van der Waals surface area contributed by atoms with E-state index in [1.54, 1.807) is 4.90 Å². The van der Waals surface area contributed by atoms with E-state index in [1.165, 1.54) is 0 Å². The van der Waals surface area contributed by atoms with Crippen LogP contribution >= 0.6 is 0 Å². The van der Waals surface area contributed by atoms with Crippen molar-refractivity contribution in [3.63, 3.8) is 0 Å². The lowest BCUT2D eigenvalue weighted by atomic mass is 9.98. The van der Waals surface area contributed by atoms with Gasteiger partial charge in [-0.25, -0.2) is 0 Å². The largest absolute Gasteiger partial charge is 0.344 e. The van der Waals surface area contributed by atoms with Crippen LogP contribution in [0.25, 0.3) is 0 Å². The van der Waals surface area contributed by atoms with E-state index in [4.69, 9.17) is 0 Å². The van der Waals surface area contributed by atoms with Crippen molar-refractivity contribution < 1.29 is 9.59 Å². The third-order valence-electron chi connectivity index (χ3n) is 3.10. The Morgan fingerprint density at radius 2 is 2.13 bits per heavy atom. The van der Waals surface area contributed by atoms with Gasteiger partial charge in [0.15, 0.2) is 0 Å². The summed E-state index contributed by atoms with van der Waals surface area (Å²) in [7, 11) is 0. The van der Waals surface area contributed by atoms with Gasteiger partial charge < -0.3 is 10.2 Å². The maximum atomic E-state index is 12.0. The molecule has 1 aliphatic heterocycles. The molecule has 86 valence electrons. The summed E-state index contributed by atoms with van der Waals surface area (Å²) in [5.74, 6) is 0.260. The highest BCUT2D eigenvalue weighted by Gasteiger charge is 2.31. The van der Waals surface area contributed by atoms with E-state index in [0.717, 1.165) is 6.42 Å². The molecule has 0 radical (unpaired) electrons. The molecule has 0 aliphatic carbocycles. The average Bonchev–Trinajstić information content (AvgIpc) is 2.38. The van der Waals surface area contributed by atoms with E-state index in [0.29, 0.717) is 19.5 Å². The molecular formula is C11H20N2O2. The molecule has 15 heavy (non-hydrogen) atoms. The van der Waals surface area contributed by atoms with Crippen LogP contribution in [0.1, 0.15) is 33.6 Å². The van der Waals surface area contributed by atoms with Crippen LogP contribution in [0.15, 0.2) is 0 Å². The van der Waals surface area contributed by atoms with Crippen LogP contribution in [0.3, 0.4) is 0 Å². The fourth-order valence-electron chi connectivity index (χ4n) is 1.79. The van der Waals surface area contributed by atoms with Gasteiger partial charge in [0.2, 0.25) is 11.8 Å². The van der Waals surface area contributed by atoms with E-state index in [-0.39, 0.29) is 23.8 Å². The lowest BCUT2D eigenvalue weighted by molar-refractivity contribution is -0.134. The zero-order valence-corrected chi connectivity index (χ0v) is 9.75. The maximum absolute atomic E-state index is 12.0. The Morgan fingerprint density at radius 3 is 2.67 bits per heavy atom. The molecule has 1 heterocycles. The number of likely N-dealkylation sites (N-methyl/N-ethyl adjacent to an activating group) is 1. The first-order chi connectivity index (χ1) is 7.10. The molecule has 1 rings (SSSR count). The number of nitrogens with one attached hydrogen (secondary N) is 1. The smallest absolute Gasteiger partial charge is 0.245 e. The van der Waals surface area contributed by atoms with Crippen molar-refractivity contribution in [2.75, 3.05) is 13.1 Å². The predicted molar refractivity (Wildman–Crippen MR) is 58.3 cm³/mol. The summed E-state index contributed by atoms with van der Waals surface area (Å²) in [6, 6.07) is -0.329. The third kappa shape index (κ3) is 2.70. The molecule has 1 fully saturated rings. The molecule has 1 saturated heterocycles. The van der Waals surface area contributed by atoms with Gasteiger partial charge in [-0.15, -0.1) is 0 Å². The van der Waals surface area contributed by atoms with Gasteiger partial charge in [-0.3, -0.25) is 9.59 Å². The van der Waals surface area contributed by atoms with Crippen molar-refractivity contribution in [3.05, 3.63) is 0 Å². The first-order valence-electron chi connectivity index (χ1n) is 5.68. The number of carbonyl (C=O) groups is 2. The molecule has 1 N–H and O–H groups in total. The number of rotatable bonds is 3. The van der Waals surface area contributed by atoms with Crippen LogP contribution in [0.2, 0.25) is 0 Å². The Morgan fingerprint density at radius 1 is 1.47 bits per heavy atom. The summed E-state index contributed by atoms with van der Waals surface area (Å²) >= 11 is 0. The fourth-order valence-corrected chi connectivity index (χ4v) is 1.79. The Bertz CT molecular complexity index is 253. The molecule has 2 unspecified atom stereocenters. The van der Waals surface area contributed by atoms with Crippen LogP contribution in [-0.2, 0) is 9.59 Å². The van der Waals surface area contributed by atoms with Gasteiger partial charge in [-0.05, 0) is 12.8 Å². The number of amides is 2. The quantitative estimate of drug-likeness (QED) is 0.751. The van der Waals surface area contributed by atoms with E-state index in [9.17, 15) is 9.59 Å². The first-order valence-corrected chi connectivity index (χ1v) is 5.68. The zero-order chi connectivity index (χ0) is 11.4. The molecule has 0 aromatic heterocycles. The van der Waals surface area contributed by atoms with Crippen molar-refractivity contribution in [2.45, 2.75) is 39.7 Å². The van der Waals surface area contributed by atoms with E-state index < -0.39 is 0 Å². The zero-order valence-electron chi connectivity index (χ0n) is 9.75. The normalized spacial score (nSPS) is 24.7. The summed E-state index contributed by atoms with van der Waals surface area (Å²) in [6.07, 6.45) is 1.32. The molecule has 0 bridgehead atoms. The molecule has 2 amide bonds. The summed E-state index contributed by atoms with van der Waals surface area (Å²) in [4.78, 5) is 25.2. The lowest BCUT2D eigenvalue weighted by Gasteiger charge is -2.26. The molecule has 0 spiro atoms. The average molecular weight is 212 g/mol. The number of carbonyl (C=O) groups excluding carboxylic acids is 2. The van der Waals surface area contributed by atoms with Gasteiger partial charge >= 0.3 is 0 Å². The number of nitrogens with zero attached hydrogens (tertiary/aromatic N) is 1. The molecule has 2 atom stereocenters. The van der Waals surface area contributed by atoms with Crippen LogP contribution in [0.5, 0.6) is 0 Å². The van der Waals surface area contributed by atoms with Gasteiger partial charge in [0.1, 0.15) is 6.04 Å². The second-order valence-electron chi connectivity index (χ2n) is 4.10. The minimum Gasteiger partial charge on any atom is -0.344 e. The van der Waals surface area contributed by atoms with Crippen molar-refractivity contribution >= 4 is 11.8 Å². The molecule has 0 aromatic carbocycles. The van der Waals surface area contributed by atoms with Crippen molar-refractivity contribution in [3.8, 4) is 0 Å². The molecule has 4 nitrogen and oxygen atoms in total.